The molecule has 0 radical (unpaired) electrons. The number of methoxy groups -OCH3 is 1. The second-order valence-corrected chi connectivity index (χ2v) is 8.39. The number of amides is 1. The minimum atomic E-state index is -0.185. The molecule has 1 N–H and O–H groups in total. The lowest BCUT2D eigenvalue weighted by Gasteiger charge is -2.29. The summed E-state index contributed by atoms with van der Waals surface area (Å²) in [4.78, 5) is 27.4. The molecule has 6 heteroatoms. The molecule has 0 bridgehead atoms. The van der Waals surface area contributed by atoms with Crippen LogP contribution < -0.4 is 10.1 Å². The number of thiophene rings is 1. The number of para-hydroxylation sites is 1. The van der Waals surface area contributed by atoms with Crippen molar-refractivity contribution in [1.82, 2.24) is 4.90 Å². The first kappa shape index (κ1) is 20.3. The summed E-state index contributed by atoms with van der Waals surface area (Å²) in [6.45, 7) is 4.22. The van der Waals surface area contributed by atoms with E-state index in [9.17, 15) is 9.59 Å². The molecular weight excluding hydrogens is 396 g/mol. The first-order chi connectivity index (χ1) is 14.5. The van der Waals surface area contributed by atoms with Crippen molar-refractivity contribution in [1.29, 1.82) is 0 Å². The van der Waals surface area contributed by atoms with E-state index in [0.717, 1.165) is 36.6 Å². The molecule has 0 saturated heterocycles. The summed E-state index contributed by atoms with van der Waals surface area (Å²) in [5.74, 6) is 0.487. The predicted octanol–water partition coefficient (Wildman–Crippen LogP) is 4.77. The first-order valence-electron chi connectivity index (χ1n) is 9.90. The van der Waals surface area contributed by atoms with E-state index in [1.807, 2.05) is 24.3 Å². The van der Waals surface area contributed by atoms with E-state index in [2.05, 4.69) is 27.7 Å². The van der Waals surface area contributed by atoms with Crippen molar-refractivity contribution in [2.24, 2.45) is 0 Å². The fourth-order valence-corrected chi connectivity index (χ4v) is 4.57. The van der Waals surface area contributed by atoms with Gasteiger partial charge in [-0.05, 0) is 65.7 Å². The molecule has 4 rings (SSSR count). The first-order valence-corrected chi connectivity index (χ1v) is 10.8. The molecule has 0 aliphatic carbocycles. The van der Waals surface area contributed by atoms with Crippen molar-refractivity contribution in [3.63, 3.8) is 0 Å². The van der Waals surface area contributed by atoms with E-state index >= 15 is 0 Å². The fourth-order valence-electron chi connectivity index (χ4n) is 3.76. The van der Waals surface area contributed by atoms with Gasteiger partial charge in [0.25, 0.3) is 5.91 Å². The Labute approximate surface area is 180 Å². The van der Waals surface area contributed by atoms with E-state index in [-0.39, 0.29) is 11.7 Å². The maximum Gasteiger partial charge on any atom is 0.259 e. The topological polar surface area (TPSA) is 58.6 Å². The Morgan fingerprint density at radius 1 is 1.13 bits per heavy atom. The molecule has 2 aromatic carbocycles. The van der Waals surface area contributed by atoms with Crippen LogP contribution in [0.2, 0.25) is 0 Å². The van der Waals surface area contributed by atoms with Crippen molar-refractivity contribution >= 4 is 28.7 Å². The Balaban J connectivity index is 1.46. The molecule has 30 heavy (non-hydrogen) atoms. The second-order valence-electron chi connectivity index (χ2n) is 7.47. The third kappa shape index (κ3) is 4.45. The molecule has 0 spiro atoms. The van der Waals surface area contributed by atoms with Crippen LogP contribution in [0.25, 0.3) is 0 Å². The molecule has 0 atom stereocenters. The van der Waals surface area contributed by atoms with Crippen LogP contribution >= 0.6 is 11.3 Å². The molecule has 1 aromatic heterocycles. The number of carbonyl (C=O) groups excluding carboxylic acids is 2. The summed E-state index contributed by atoms with van der Waals surface area (Å²) >= 11 is 1.51. The Bertz CT molecular complexity index is 1090. The molecule has 2 heterocycles. The Morgan fingerprint density at radius 2 is 1.97 bits per heavy atom. The molecule has 1 aliphatic rings. The van der Waals surface area contributed by atoms with E-state index in [0.29, 0.717) is 11.3 Å². The lowest BCUT2D eigenvalue weighted by atomic mass is 9.98. The lowest BCUT2D eigenvalue weighted by Crippen LogP contribution is -2.30. The lowest BCUT2D eigenvalue weighted by molar-refractivity contribution is 0.101. The van der Waals surface area contributed by atoms with Crippen LogP contribution in [-0.4, -0.2) is 30.2 Å². The third-order valence-electron chi connectivity index (χ3n) is 5.31. The van der Waals surface area contributed by atoms with Gasteiger partial charge in [0.1, 0.15) is 5.75 Å². The van der Waals surface area contributed by atoms with Crippen LogP contribution in [0.4, 0.5) is 5.69 Å². The van der Waals surface area contributed by atoms with Gasteiger partial charge in [-0.1, -0.05) is 18.2 Å². The van der Waals surface area contributed by atoms with E-state index in [1.165, 1.54) is 28.0 Å². The molecule has 154 valence electrons. The number of anilines is 1. The van der Waals surface area contributed by atoms with Gasteiger partial charge >= 0.3 is 0 Å². The summed E-state index contributed by atoms with van der Waals surface area (Å²) < 4.78 is 5.29. The molecular formula is C24H24N2O3S. The van der Waals surface area contributed by atoms with Crippen molar-refractivity contribution in [3.8, 4) is 5.75 Å². The molecule has 0 saturated carbocycles. The van der Waals surface area contributed by atoms with Crippen molar-refractivity contribution in [3.05, 3.63) is 81.0 Å². The average Bonchev–Trinajstić information content (AvgIpc) is 3.22. The van der Waals surface area contributed by atoms with Crippen LogP contribution in [0.1, 0.15) is 43.6 Å². The Hall–Kier alpha value is -2.96. The molecule has 0 unspecified atom stereocenters. The standard InChI is InChI=1S/C24H24N2O3S/c1-16(27)23-11-17(15-30-23)13-26-10-9-18-7-8-20(12-19(18)14-26)25-24(28)21-5-3-4-6-22(21)29-2/h3-8,11-12,15H,9-10,13-14H2,1-2H3,(H,25,28). The van der Waals surface area contributed by atoms with Gasteiger partial charge in [-0.15, -0.1) is 11.3 Å². The van der Waals surface area contributed by atoms with E-state index in [4.69, 9.17) is 4.74 Å². The van der Waals surface area contributed by atoms with Crippen molar-refractivity contribution in [2.45, 2.75) is 26.4 Å². The minimum Gasteiger partial charge on any atom is -0.496 e. The zero-order valence-corrected chi connectivity index (χ0v) is 17.9. The van der Waals surface area contributed by atoms with Gasteiger partial charge in [0.2, 0.25) is 0 Å². The molecule has 1 aliphatic heterocycles. The van der Waals surface area contributed by atoms with Crippen LogP contribution in [-0.2, 0) is 19.5 Å². The Morgan fingerprint density at radius 3 is 2.73 bits per heavy atom. The van der Waals surface area contributed by atoms with Gasteiger partial charge in [-0.3, -0.25) is 14.5 Å². The largest absolute Gasteiger partial charge is 0.496 e. The monoisotopic (exact) mass is 420 g/mol. The van der Waals surface area contributed by atoms with Gasteiger partial charge in [0, 0.05) is 25.3 Å². The van der Waals surface area contributed by atoms with Gasteiger partial charge < -0.3 is 10.1 Å². The van der Waals surface area contributed by atoms with Crippen LogP contribution in [0, 0.1) is 0 Å². The number of rotatable bonds is 6. The van der Waals surface area contributed by atoms with Crippen molar-refractivity contribution in [2.75, 3.05) is 19.0 Å². The summed E-state index contributed by atoms with van der Waals surface area (Å²) in [7, 11) is 1.56. The number of carbonyl (C=O) groups is 2. The third-order valence-corrected chi connectivity index (χ3v) is 6.39. The van der Waals surface area contributed by atoms with Gasteiger partial charge in [0.05, 0.1) is 17.6 Å². The average molecular weight is 421 g/mol. The number of ether oxygens (including phenoxy) is 1. The molecule has 0 fully saturated rings. The number of nitrogens with zero attached hydrogens (tertiary/aromatic N) is 1. The Kier molecular flexibility index (Phi) is 5.97. The number of hydrogen-bond acceptors (Lipinski definition) is 5. The SMILES string of the molecule is COc1ccccc1C(=O)Nc1ccc2c(c1)CN(Cc1csc(C(C)=O)c1)CC2. The molecule has 3 aromatic rings. The maximum absolute atomic E-state index is 12.7. The maximum atomic E-state index is 12.7. The zero-order chi connectivity index (χ0) is 21.1. The number of ketones is 1. The highest BCUT2D eigenvalue weighted by Crippen LogP contribution is 2.26. The highest BCUT2D eigenvalue weighted by molar-refractivity contribution is 7.12. The normalized spacial score (nSPS) is 13.5. The fraction of sp³-hybridized carbons (Fsp3) is 0.250. The van der Waals surface area contributed by atoms with Crippen molar-refractivity contribution < 1.29 is 14.3 Å². The number of nitrogens with one attached hydrogen (secondary N) is 1. The number of fused-ring (bicyclic) bond motifs is 1. The highest BCUT2D eigenvalue weighted by atomic mass is 32.1. The number of hydrogen-bond donors (Lipinski definition) is 1. The van der Waals surface area contributed by atoms with Crippen LogP contribution in [0.5, 0.6) is 5.75 Å². The molecule has 5 nitrogen and oxygen atoms in total. The predicted molar refractivity (Wildman–Crippen MR) is 120 cm³/mol. The highest BCUT2D eigenvalue weighted by Gasteiger charge is 2.19. The minimum absolute atomic E-state index is 0.116. The number of benzene rings is 2. The van der Waals surface area contributed by atoms with Gasteiger partial charge in [0.15, 0.2) is 5.78 Å². The van der Waals surface area contributed by atoms with Crippen LogP contribution in [0.15, 0.2) is 53.9 Å². The summed E-state index contributed by atoms with van der Waals surface area (Å²) in [6, 6.07) is 15.3. The van der Waals surface area contributed by atoms with E-state index < -0.39 is 0 Å². The number of Topliss-reactive ketones (excluding diaryl/α,β-unsaturated/α-hetero) is 1. The zero-order valence-electron chi connectivity index (χ0n) is 17.1. The summed E-state index contributed by atoms with van der Waals surface area (Å²) in [6.07, 6.45) is 0.972. The second kappa shape index (κ2) is 8.81. The van der Waals surface area contributed by atoms with E-state index in [1.54, 1.807) is 26.2 Å². The summed E-state index contributed by atoms with van der Waals surface area (Å²) in [5, 5.41) is 5.06. The quantitative estimate of drug-likeness (QED) is 0.584. The summed E-state index contributed by atoms with van der Waals surface area (Å²) in [5.41, 5.74) is 5.01. The smallest absolute Gasteiger partial charge is 0.259 e. The van der Waals surface area contributed by atoms with Gasteiger partial charge in [-0.25, -0.2) is 0 Å². The van der Waals surface area contributed by atoms with Crippen LogP contribution in [0.3, 0.4) is 0 Å². The van der Waals surface area contributed by atoms with Gasteiger partial charge in [-0.2, -0.15) is 0 Å². The molecule has 1 amide bonds.